The van der Waals surface area contributed by atoms with Gasteiger partial charge in [-0.2, -0.15) is 0 Å². The highest BCUT2D eigenvalue weighted by molar-refractivity contribution is 5.77. The van der Waals surface area contributed by atoms with Crippen LogP contribution in [-0.2, 0) is 16.7 Å². The summed E-state index contributed by atoms with van der Waals surface area (Å²) in [5, 5.41) is 0. The van der Waals surface area contributed by atoms with Crippen molar-refractivity contribution >= 4 is 11.0 Å². The first kappa shape index (κ1) is 14.5. The minimum atomic E-state index is -0.261. The number of hydrogen-bond donors (Lipinski definition) is 1. The van der Waals surface area contributed by atoms with E-state index in [1.165, 1.54) is 6.07 Å². The average Bonchev–Trinajstić information content (AvgIpc) is 2.89. The van der Waals surface area contributed by atoms with Crippen LogP contribution in [0.4, 0.5) is 4.39 Å². The highest BCUT2D eigenvalue weighted by Crippen LogP contribution is 2.35. The molecule has 0 radical (unpaired) electrons. The van der Waals surface area contributed by atoms with Gasteiger partial charge in [0.25, 0.3) is 0 Å². The Kier molecular flexibility index (Phi) is 3.95. The van der Waals surface area contributed by atoms with Gasteiger partial charge < -0.3 is 15.0 Å². The molecule has 1 aromatic heterocycles. The zero-order valence-electron chi connectivity index (χ0n) is 12.4. The van der Waals surface area contributed by atoms with Crippen molar-refractivity contribution in [1.82, 2.24) is 9.55 Å². The lowest BCUT2D eigenvalue weighted by atomic mass is 9.79. The number of imidazole rings is 1. The number of aromatic nitrogens is 2. The van der Waals surface area contributed by atoms with Crippen molar-refractivity contribution < 1.29 is 9.13 Å². The summed E-state index contributed by atoms with van der Waals surface area (Å²) in [7, 11) is 0. The number of fused-ring (bicyclic) bond motifs is 1. The van der Waals surface area contributed by atoms with Gasteiger partial charge in [0.2, 0.25) is 0 Å². The fourth-order valence-electron chi connectivity index (χ4n) is 3.25. The molecule has 2 heterocycles. The summed E-state index contributed by atoms with van der Waals surface area (Å²) < 4.78 is 21.7. The number of para-hydroxylation sites is 1. The van der Waals surface area contributed by atoms with Gasteiger partial charge in [-0.3, -0.25) is 0 Å². The Bertz CT molecular complexity index is 632. The molecule has 0 bridgehead atoms. The fourth-order valence-corrected chi connectivity index (χ4v) is 3.25. The topological polar surface area (TPSA) is 53.1 Å². The molecule has 0 amide bonds. The molecule has 21 heavy (non-hydrogen) atoms. The highest BCUT2D eigenvalue weighted by atomic mass is 19.1. The normalized spacial score (nSPS) is 18.2. The molecule has 1 fully saturated rings. The van der Waals surface area contributed by atoms with E-state index in [0.29, 0.717) is 25.3 Å². The van der Waals surface area contributed by atoms with E-state index in [-0.39, 0.29) is 11.2 Å². The first-order chi connectivity index (χ1) is 10.2. The third kappa shape index (κ3) is 2.34. The lowest BCUT2D eigenvalue weighted by Crippen LogP contribution is -2.42. The van der Waals surface area contributed by atoms with Gasteiger partial charge in [-0.05, 0) is 31.4 Å². The zero-order valence-corrected chi connectivity index (χ0v) is 12.4. The number of ether oxygens (including phenoxy) is 1. The maximum atomic E-state index is 14.1. The summed E-state index contributed by atoms with van der Waals surface area (Å²) in [5.74, 6) is 0.665. The Hall–Kier alpha value is -1.46. The van der Waals surface area contributed by atoms with Gasteiger partial charge in [-0.15, -0.1) is 0 Å². The van der Waals surface area contributed by atoms with Gasteiger partial charge in [0.15, 0.2) is 5.82 Å². The molecule has 2 aromatic rings. The number of aryl methyl sites for hydroxylation is 1. The molecule has 0 unspecified atom stereocenters. The van der Waals surface area contributed by atoms with Gasteiger partial charge in [0, 0.05) is 31.7 Å². The quantitative estimate of drug-likeness (QED) is 0.942. The predicted octanol–water partition coefficient (Wildman–Crippen LogP) is 2.59. The van der Waals surface area contributed by atoms with Gasteiger partial charge in [0.05, 0.1) is 5.52 Å². The lowest BCUT2D eigenvalue weighted by molar-refractivity contribution is 0.0488. The van der Waals surface area contributed by atoms with Crippen molar-refractivity contribution in [2.75, 3.05) is 19.8 Å². The summed E-state index contributed by atoms with van der Waals surface area (Å²) >= 11 is 0. The molecule has 1 saturated heterocycles. The molecule has 4 nitrogen and oxygen atoms in total. The Morgan fingerprint density at radius 1 is 1.38 bits per heavy atom. The van der Waals surface area contributed by atoms with E-state index in [0.717, 1.165) is 37.1 Å². The zero-order chi connectivity index (χ0) is 14.9. The van der Waals surface area contributed by atoms with Crippen LogP contribution in [0.1, 0.15) is 32.0 Å². The monoisotopic (exact) mass is 291 g/mol. The molecule has 1 aliphatic heterocycles. The summed E-state index contributed by atoms with van der Waals surface area (Å²) in [6.07, 6.45) is 2.67. The third-order valence-electron chi connectivity index (χ3n) is 4.49. The molecule has 1 aliphatic rings. The highest BCUT2D eigenvalue weighted by Gasteiger charge is 2.38. The minimum absolute atomic E-state index is 0.196. The fraction of sp³-hybridized carbons (Fsp3) is 0.562. The molecule has 1 aromatic carbocycles. The molecular formula is C16H22FN3O. The van der Waals surface area contributed by atoms with Gasteiger partial charge in [-0.25, -0.2) is 9.37 Å². The second-order valence-electron chi connectivity index (χ2n) is 5.79. The van der Waals surface area contributed by atoms with Crippen LogP contribution >= 0.6 is 0 Å². The standard InChI is InChI=1S/C16H22FN3O/c1-2-8-20-13-5-3-4-12(17)14(13)19-15(20)16(11-18)6-9-21-10-7-16/h3-5H,2,6-11,18H2,1H3. The molecule has 0 saturated carbocycles. The SMILES string of the molecule is CCCn1c(C2(CN)CCOCC2)nc2c(F)cccc21. The van der Waals surface area contributed by atoms with Crippen LogP contribution in [0.2, 0.25) is 0 Å². The number of nitrogens with two attached hydrogens (primary N) is 1. The molecular weight excluding hydrogens is 269 g/mol. The maximum Gasteiger partial charge on any atom is 0.151 e. The molecule has 2 N–H and O–H groups in total. The van der Waals surface area contributed by atoms with Crippen LogP contribution < -0.4 is 5.73 Å². The van der Waals surface area contributed by atoms with Crippen LogP contribution in [0.3, 0.4) is 0 Å². The van der Waals surface area contributed by atoms with Gasteiger partial charge in [0.1, 0.15) is 11.3 Å². The van der Waals surface area contributed by atoms with E-state index in [4.69, 9.17) is 10.5 Å². The van der Waals surface area contributed by atoms with Crippen molar-refractivity contribution in [3.05, 3.63) is 29.8 Å². The molecule has 0 spiro atoms. The number of benzene rings is 1. The number of halogens is 1. The van der Waals surface area contributed by atoms with Crippen LogP contribution in [0.25, 0.3) is 11.0 Å². The van der Waals surface area contributed by atoms with Crippen molar-refractivity contribution in [3.63, 3.8) is 0 Å². The second-order valence-corrected chi connectivity index (χ2v) is 5.79. The summed E-state index contributed by atoms with van der Waals surface area (Å²) in [5.41, 5.74) is 7.22. The number of rotatable bonds is 4. The predicted molar refractivity (Wildman–Crippen MR) is 80.8 cm³/mol. The van der Waals surface area contributed by atoms with E-state index < -0.39 is 0 Å². The van der Waals surface area contributed by atoms with Gasteiger partial charge >= 0.3 is 0 Å². The number of nitrogens with zero attached hydrogens (tertiary/aromatic N) is 2. The van der Waals surface area contributed by atoms with Crippen molar-refractivity contribution in [3.8, 4) is 0 Å². The van der Waals surface area contributed by atoms with Crippen LogP contribution in [0, 0.1) is 5.82 Å². The maximum absolute atomic E-state index is 14.1. The van der Waals surface area contributed by atoms with Crippen molar-refractivity contribution in [2.24, 2.45) is 5.73 Å². The number of hydrogen-bond acceptors (Lipinski definition) is 3. The van der Waals surface area contributed by atoms with E-state index in [9.17, 15) is 4.39 Å². The smallest absolute Gasteiger partial charge is 0.151 e. The molecule has 0 aliphatic carbocycles. The summed E-state index contributed by atoms with van der Waals surface area (Å²) in [4.78, 5) is 4.65. The largest absolute Gasteiger partial charge is 0.381 e. The Morgan fingerprint density at radius 2 is 2.14 bits per heavy atom. The van der Waals surface area contributed by atoms with Crippen molar-refractivity contribution in [2.45, 2.75) is 38.1 Å². The first-order valence-corrected chi connectivity index (χ1v) is 7.65. The Labute approximate surface area is 124 Å². The third-order valence-corrected chi connectivity index (χ3v) is 4.49. The second kappa shape index (κ2) is 5.73. The average molecular weight is 291 g/mol. The Balaban J connectivity index is 2.20. The van der Waals surface area contributed by atoms with Crippen LogP contribution in [0.5, 0.6) is 0 Å². The summed E-state index contributed by atoms with van der Waals surface area (Å²) in [6, 6.07) is 5.15. The van der Waals surface area contributed by atoms with Crippen LogP contribution in [0.15, 0.2) is 18.2 Å². The van der Waals surface area contributed by atoms with E-state index in [1.807, 2.05) is 6.07 Å². The molecule has 5 heteroatoms. The molecule has 0 atom stereocenters. The molecule has 3 rings (SSSR count). The lowest BCUT2D eigenvalue weighted by Gasteiger charge is -2.35. The van der Waals surface area contributed by atoms with E-state index >= 15 is 0 Å². The van der Waals surface area contributed by atoms with E-state index in [2.05, 4.69) is 16.5 Å². The van der Waals surface area contributed by atoms with Gasteiger partial charge in [-0.1, -0.05) is 13.0 Å². The molecule has 114 valence electrons. The summed E-state index contributed by atoms with van der Waals surface area (Å²) in [6.45, 7) is 4.85. The first-order valence-electron chi connectivity index (χ1n) is 7.65. The minimum Gasteiger partial charge on any atom is -0.381 e. The Morgan fingerprint density at radius 3 is 2.81 bits per heavy atom. The van der Waals surface area contributed by atoms with Crippen molar-refractivity contribution in [1.29, 1.82) is 0 Å². The van der Waals surface area contributed by atoms with E-state index in [1.54, 1.807) is 6.07 Å². The van der Waals surface area contributed by atoms with Crippen LogP contribution in [-0.4, -0.2) is 29.3 Å².